The molecule has 9 nitrogen and oxygen atoms in total. The fourth-order valence-electron chi connectivity index (χ4n) is 8.32. The predicted molar refractivity (Wildman–Crippen MR) is 206 cm³/mol. The smallest absolute Gasteiger partial charge is 0.337 e. The van der Waals surface area contributed by atoms with E-state index in [2.05, 4.69) is 51.7 Å². The number of carbonyl (C=O) groups is 1. The van der Waals surface area contributed by atoms with E-state index in [-0.39, 0.29) is 17.2 Å². The van der Waals surface area contributed by atoms with Gasteiger partial charge in [0.05, 0.1) is 28.8 Å². The summed E-state index contributed by atoms with van der Waals surface area (Å²) < 4.78 is 21.7. The van der Waals surface area contributed by atoms with Gasteiger partial charge < -0.3 is 29.6 Å². The van der Waals surface area contributed by atoms with Crippen molar-refractivity contribution < 1.29 is 24.1 Å². The van der Waals surface area contributed by atoms with Gasteiger partial charge in [0.15, 0.2) is 11.9 Å². The van der Waals surface area contributed by atoms with Gasteiger partial charge in [-0.25, -0.2) is 14.2 Å². The van der Waals surface area contributed by atoms with E-state index in [1.807, 2.05) is 54.5 Å². The number of pyridine rings is 2. The summed E-state index contributed by atoms with van der Waals surface area (Å²) in [5, 5.41) is 21.1. The number of ether oxygens (including phenoxy) is 1. The summed E-state index contributed by atoms with van der Waals surface area (Å²) >= 11 is 0. The van der Waals surface area contributed by atoms with Crippen LogP contribution in [0.3, 0.4) is 0 Å². The number of aliphatic hydroxyl groups is 1. The van der Waals surface area contributed by atoms with Gasteiger partial charge in [-0.3, -0.25) is 4.98 Å². The first kappa shape index (κ1) is 38.0. The number of hydrogen-bond acceptors (Lipinski definition) is 8. The highest BCUT2D eigenvalue weighted by molar-refractivity contribution is 5.88. The van der Waals surface area contributed by atoms with Crippen molar-refractivity contribution in [1.29, 1.82) is 0 Å². The largest absolute Gasteiger partial charge is 0.479 e. The van der Waals surface area contributed by atoms with Crippen LogP contribution in [-0.4, -0.2) is 70.1 Å². The van der Waals surface area contributed by atoms with Gasteiger partial charge in [0.25, 0.3) is 0 Å². The topological polar surface area (TPSA) is 102 Å². The summed E-state index contributed by atoms with van der Waals surface area (Å²) in [6.45, 7) is 22.3. The summed E-state index contributed by atoms with van der Waals surface area (Å²) in [5.74, 6) is -0.349. The van der Waals surface area contributed by atoms with E-state index in [4.69, 9.17) is 9.72 Å². The van der Waals surface area contributed by atoms with Crippen LogP contribution in [0, 0.1) is 31.0 Å². The summed E-state index contributed by atoms with van der Waals surface area (Å²) in [7, 11) is 0. The van der Waals surface area contributed by atoms with Crippen LogP contribution in [0.15, 0.2) is 30.5 Å². The Morgan fingerprint density at radius 2 is 1.62 bits per heavy atom. The van der Waals surface area contributed by atoms with Crippen LogP contribution >= 0.6 is 0 Å². The number of anilines is 3. The van der Waals surface area contributed by atoms with Gasteiger partial charge in [-0.1, -0.05) is 32.0 Å². The number of aromatic nitrogens is 2. The summed E-state index contributed by atoms with van der Waals surface area (Å²) in [6, 6.07) is 8.37. The molecular weight excluding hydrogens is 657 g/mol. The molecule has 5 heterocycles. The van der Waals surface area contributed by atoms with Gasteiger partial charge in [-0.05, 0) is 109 Å². The van der Waals surface area contributed by atoms with E-state index < -0.39 is 23.3 Å². The molecular formula is C42H58FN5O4. The number of aliphatic carboxylic acids is 1. The molecule has 3 aliphatic heterocycles. The Morgan fingerprint density at radius 3 is 2.23 bits per heavy atom. The van der Waals surface area contributed by atoms with Gasteiger partial charge in [0.2, 0.25) is 0 Å². The fraction of sp³-hybridized carbons (Fsp3) is 0.595. The van der Waals surface area contributed by atoms with Gasteiger partial charge >= 0.3 is 5.97 Å². The molecule has 2 aromatic heterocycles. The molecule has 0 radical (unpaired) electrons. The van der Waals surface area contributed by atoms with Crippen LogP contribution in [0.25, 0.3) is 11.1 Å². The number of carboxylic acids is 1. The zero-order chi connectivity index (χ0) is 37.7. The number of hydrogen-bond donors (Lipinski definition) is 2. The van der Waals surface area contributed by atoms with Crippen molar-refractivity contribution in [3.05, 3.63) is 64.4 Å². The van der Waals surface area contributed by atoms with Crippen LogP contribution < -0.4 is 14.7 Å². The minimum atomic E-state index is -1.17. The maximum absolute atomic E-state index is 15.4. The third kappa shape index (κ3) is 8.08. The molecule has 3 aromatic rings. The first-order chi connectivity index (χ1) is 24.3. The molecule has 2 saturated heterocycles. The minimum absolute atomic E-state index is 0.211. The van der Waals surface area contributed by atoms with Gasteiger partial charge in [-0.15, -0.1) is 0 Å². The molecule has 2 fully saturated rings. The maximum Gasteiger partial charge on any atom is 0.337 e. The van der Waals surface area contributed by atoms with Crippen LogP contribution in [0.2, 0.25) is 0 Å². The van der Waals surface area contributed by atoms with Gasteiger partial charge in [-0.2, -0.15) is 0 Å². The van der Waals surface area contributed by atoms with E-state index in [0.29, 0.717) is 30.0 Å². The van der Waals surface area contributed by atoms with Crippen LogP contribution in [0.5, 0.6) is 0 Å². The van der Waals surface area contributed by atoms with E-state index >= 15 is 4.39 Å². The van der Waals surface area contributed by atoms with Gasteiger partial charge in [0, 0.05) is 67.8 Å². The molecule has 1 atom stereocenters. The summed E-state index contributed by atoms with van der Waals surface area (Å²) in [4.78, 5) is 29.0. The molecule has 52 heavy (non-hydrogen) atoms. The van der Waals surface area contributed by atoms with Crippen LogP contribution in [0.1, 0.15) is 108 Å². The Hall–Kier alpha value is -3.76. The molecule has 6 rings (SSSR count). The average molecular weight is 716 g/mol. The third-order valence-corrected chi connectivity index (χ3v) is 11.5. The molecule has 0 amide bonds. The third-order valence-electron chi connectivity index (χ3n) is 11.5. The molecule has 1 unspecified atom stereocenters. The highest BCUT2D eigenvalue weighted by Crippen LogP contribution is 2.45. The highest BCUT2D eigenvalue weighted by atomic mass is 19.1. The first-order valence-electron chi connectivity index (χ1n) is 19.0. The molecule has 2 N–H and O–H groups in total. The lowest BCUT2D eigenvalue weighted by atomic mass is 9.81. The molecule has 1 aromatic carbocycles. The quantitative estimate of drug-likeness (QED) is 0.240. The zero-order valence-electron chi connectivity index (χ0n) is 32.6. The minimum Gasteiger partial charge on any atom is -0.479 e. The number of carboxylic acid groups (broad SMARTS) is 1. The monoisotopic (exact) mass is 715 g/mol. The van der Waals surface area contributed by atoms with Crippen LogP contribution in [-0.2, 0) is 22.5 Å². The van der Waals surface area contributed by atoms with Crippen molar-refractivity contribution in [3.63, 3.8) is 0 Å². The van der Waals surface area contributed by atoms with E-state index in [1.54, 1.807) is 0 Å². The van der Waals surface area contributed by atoms with Crippen molar-refractivity contribution >= 4 is 23.2 Å². The molecule has 0 aliphatic carbocycles. The van der Waals surface area contributed by atoms with Crippen molar-refractivity contribution in [2.24, 2.45) is 11.3 Å². The lowest BCUT2D eigenvalue weighted by molar-refractivity contribution is -0.160. The van der Waals surface area contributed by atoms with Crippen LogP contribution in [0.4, 0.5) is 21.6 Å². The summed E-state index contributed by atoms with van der Waals surface area (Å²) in [6.07, 6.45) is 4.64. The van der Waals surface area contributed by atoms with Gasteiger partial charge in [0.1, 0.15) is 5.82 Å². The SMILES string of the molecule is Cc1nc(C)c(C(OC(C)(C)C)C(=O)O)c(N2CCC(C)(C)CC2)c1-c1ccc2c(c1)CCN(c1cc(N3CCC(C(C)(C)O)CC3)ncc1F)C2. The zero-order valence-corrected chi connectivity index (χ0v) is 32.6. The Bertz CT molecular complexity index is 1800. The lowest BCUT2D eigenvalue weighted by Crippen LogP contribution is -2.42. The van der Waals surface area contributed by atoms with Crippen molar-refractivity contribution in [2.45, 2.75) is 118 Å². The normalized spacial score (nSPS) is 19.1. The molecule has 0 bridgehead atoms. The Balaban J connectivity index is 1.33. The number of rotatable bonds is 8. The number of halogens is 1. The number of nitrogens with zero attached hydrogens (tertiary/aromatic N) is 5. The number of fused-ring (bicyclic) bond motifs is 1. The van der Waals surface area contributed by atoms with Crippen molar-refractivity contribution in [1.82, 2.24) is 9.97 Å². The molecule has 3 aliphatic rings. The number of piperidine rings is 2. The molecule has 282 valence electrons. The maximum atomic E-state index is 15.4. The number of aryl methyl sites for hydroxylation is 2. The van der Waals surface area contributed by atoms with E-state index in [9.17, 15) is 15.0 Å². The molecule has 0 saturated carbocycles. The predicted octanol–water partition coefficient (Wildman–Crippen LogP) is 8.02. The lowest BCUT2D eigenvalue weighted by Gasteiger charge is -2.41. The second-order valence-electron chi connectivity index (χ2n) is 17.6. The second kappa shape index (κ2) is 14.2. The molecule has 0 spiro atoms. The Kier molecular flexibility index (Phi) is 10.4. The molecule has 10 heteroatoms. The fourth-order valence-corrected chi connectivity index (χ4v) is 8.32. The second-order valence-corrected chi connectivity index (χ2v) is 17.6. The highest BCUT2D eigenvalue weighted by Gasteiger charge is 2.37. The van der Waals surface area contributed by atoms with Crippen molar-refractivity contribution in [2.75, 3.05) is 47.4 Å². The van der Waals surface area contributed by atoms with E-state index in [0.717, 1.165) is 92.2 Å². The van der Waals surface area contributed by atoms with E-state index in [1.165, 1.54) is 11.8 Å². The number of benzene rings is 1. The Morgan fingerprint density at radius 1 is 0.942 bits per heavy atom. The first-order valence-corrected chi connectivity index (χ1v) is 19.0. The standard InChI is InChI=1S/C42H58FN5O4/c1-26-35(37(47-20-15-41(6,7)16-21-47)36(27(2)45-26)38(39(49)50)52-40(3,4)5)29-10-11-30-25-48(17-12-28(30)22-29)33-23-34(44-24-32(33)43)46-18-13-31(14-19-46)42(8,9)51/h10-11,22-24,31,38,51H,12-21,25H2,1-9H3,(H,49,50). The Labute approximate surface area is 309 Å². The van der Waals surface area contributed by atoms with Crippen molar-refractivity contribution in [3.8, 4) is 11.1 Å². The summed E-state index contributed by atoms with van der Waals surface area (Å²) in [5.41, 5.74) is 6.74. The average Bonchev–Trinajstić information content (AvgIpc) is 3.06.